The smallest absolute Gasteiger partial charge is 0.280 e. The SMILES string of the molecule is O=c1nc2n(c3ccccc13)C(CO)CC2. The monoisotopic (exact) mass is 216 g/mol. The Hall–Kier alpha value is -1.68. The van der Waals surface area contributed by atoms with Crippen molar-refractivity contribution in [2.24, 2.45) is 0 Å². The molecule has 0 saturated carbocycles. The van der Waals surface area contributed by atoms with Crippen LogP contribution in [0.5, 0.6) is 0 Å². The first-order valence-corrected chi connectivity index (χ1v) is 5.42. The second kappa shape index (κ2) is 3.42. The van der Waals surface area contributed by atoms with Gasteiger partial charge in [-0.1, -0.05) is 12.1 Å². The standard InChI is InChI=1S/C12H12N2O2/c15-7-8-5-6-11-13-12(16)9-3-1-2-4-10(9)14(8)11/h1-4,8,15H,5-7H2. The van der Waals surface area contributed by atoms with Gasteiger partial charge in [-0.2, -0.15) is 4.98 Å². The third-order valence-electron chi connectivity index (χ3n) is 3.18. The van der Waals surface area contributed by atoms with Crippen molar-refractivity contribution in [1.29, 1.82) is 0 Å². The molecule has 4 nitrogen and oxygen atoms in total. The van der Waals surface area contributed by atoms with E-state index in [-0.39, 0.29) is 18.2 Å². The van der Waals surface area contributed by atoms with Crippen LogP contribution in [-0.4, -0.2) is 21.3 Å². The van der Waals surface area contributed by atoms with Gasteiger partial charge in [0.25, 0.3) is 5.56 Å². The van der Waals surface area contributed by atoms with E-state index in [4.69, 9.17) is 0 Å². The lowest BCUT2D eigenvalue weighted by atomic mass is 10.2. The molecule has 0 spiro atoms. The maximum atomic E-state index is 11.7. The predicted molar refractivity (Wildman–Crippen MR) is 60.4 cm³/mol. The van der Waals surface area contributed by atoms with Crippen molar-refractivity contribution in [3.63, 3.8) is 0 Å². The number of fused-ring (bicyclic) bond motifs is 3. The Morgan fingerprint density at radius 3 is 3.06 bits per heavy atom. The van der Waals surface area contributed by atoms with E-state index >= 15 is 0 Å². The summed E-state index contributed by atoms with van der Waals surface area (Å²) in [7, 11) is 0. The van der Waals surface area contributed by atoms with Crippen molar-refractivity contribution in [2.45, 2.75) is 18.9 Å². The molecule has 0 saturated heterocycles. The van der Waals surface area contributed by atoms with E-state index in [0.29, 0.717) is 5.39 Å². The highest BCUT2D eigenvalue weighted by molar-refractivity contribution is 5.78. The number of hydrogen-bond donors (Lipinski definition) is 1. The van der Waals surface area contributed by atoms with Crippen LogP contribution in [0.3, 0.4) is 0 Å². The van der Waals surface area contributed by atoms with E-state index in [1.54, 1.807) is 6.07 Å². The maximum Gasteiger partial charge on any atom is 0.280 e. The van der Waals surface area contributed by atoms with Gasteiger partial charge >= 0.3 is 0 Å². The molecule has 0 aliphatic carbocycles. The molecule has 1 atom stereocenters. The molecule has 2 heterocycles. The molecule has 0 radical (unpaired) electrons. The molecule has 1 aliphatic heterocycles. The molecule has 2 aromatic rings. The normalized spacial score (nSPS) is 18.9. The average molecular weight is 216 g/mol. The van der Waals surface area contributed by atoms with Gasteiger partial charge in [0.2, 0.25) is 0 Å². The Morgan fingerprint density at radius 1 is 1.44 bits per heavy atom. The summed E-state index contributed by atoms with van der Waals surface area (Å²) in [5.41, 5.74) is 0.717. The minimum Gasteiger partial charge on any atom is -0.394 e. The van der Waals surface area contributed by atoms with E-state index in [1.807, 2.05) is 22.8 Å². The van der Waals surface area contributed by atoms with Gasteiger partial charge in [0.15, 0.2) is 0 Å². The number of hydrogen-bond acceptors (Lipinski definition) is 3. The van der Waals surface area contributed by atoms with E-state index in [9.17, 15) is 9.90 Å². The zero-order chi connectivity index (χ0) is 11.1. The van der Waals surface area contributed by atoms with Gasteiger partial charge in [0.05, 0.1) is 23.6 Å². The van der Waals surface area contributed by atoms with Gasteiger partial charge in [0.1, 0.15) is 5.82 Å². The molecule has 1 aromatic carbocycles. The predicted octanol–water partition coefficient (Wildman–Crippen LogP) is 0.876. The first-order chi connectivity index (χ1) is 7.81. The number of para-hydroxylation sites is 1. The van der Waals surface area contributed by atoms with Crippen LogP contribution < -0.4 is 5.56 Å². The van der Waals surface area contributed by atoms with Crippen LogP contribution in [0, 0.1) is 0 Å². The second-order valence-electron chi connectivity index (χ2n) is 4.10. The Morgan fingerprint density at radius 2 is 2.25 bits per heavy atom. The summed E-state index contributed by atoms with van der Waals surface area (Å²) in [6, 6.07) is 7.50. The molecule has 16 heavy (non-hydrogen) atoms. The Kier molecular flexibility index (Phi) is 2.04. The van der Waals surface area contributed by atoms with Crippen LogP contribution in [0.2, 0.25) is 0 Å². The summed E-state index contributed by atoms with van der Waals surface area (Å²) in [4.78, 5) is 15.8. The third-order valence-corrected chi connectivity index (χ3v) is 3.18. The average Bonchev–Trinajstić information content (AvgIpc) is 2.72. The quantitative estimate of drug-likeness (QED) is 0.769. The first kappa shape index (κ1) is 9.54. The number of benzene rings is 1. The van der Waals surface area contributed by atoms with Crippen LogP contribution in [-0.2, 0) is 6.42 Å². The van der Waals surface area contributed by atoms with E-state index < -0.39 is 0 Å². The number of aromatic nitrogens is 2. The van der Waals surface area contributed by atoms with Crippen LogP contribution >= 0.6 is 0 Å². The molecule has 1 N–H and O–H groups in total. The van der Waals surface area contributed by atoms with Gasteiger partial charge in [-0.3, -0.25) is 4.79 Å². The highest BCUT2D eigenvalue weighted by atomic mass is 16.3. The molecule has 82 valence electrons. The fourth-order valence-corrected chi connectivity index (χ4v) is 2.42. The van der Waals surface area contributed by atoms with Crippen LogP contribution in [0.1, 0.15) is 18.3 Å². The van der Waals surface area contributed by atoms with Crippen molar-refractivity contribution < 1.29 is 5.11 Å². The third kappa shape index (κ3) is 1.20. The number of nitrogens with zero attached hydrogens (tertiary/aromatic N) is 2. The van der Waals surface area contributed by atoms with E-state index in [1.165, 1.54) is 0 Å². The van der Waals surface area contributed by atoms with Gasteiger partial charge in [0, 0.05) is 6.42 Å². The largest absolute Gasteiger partial charge is 0.394 e. The number of aliphatic hydroxyl groups excluding tert-OH is 1. The zero-order valence-corrected chi connectivity index (χ0v) is 8.76. The Labute approximate surface area is 92.2 Å². The lowest BCUT2D eigenvalue weighted by Gasteiger charge is -2.14. The molecule has 3 rings (SSSR count). The molecule has 0 fully saturated rings. The molecule has 1 aliphatic rings. The lowest BCUT2D eigenvalue weighted by molar-refractivity contribution is 0.235. The minimum atomic E-state index is -0.166. The highest BCUT2D eigenvalue weighted by Crippen LogP contribution is 2.27. The fraction of sp³-hybridized carbons (Fsp3) is 0.333. The molecule has 1 unspecified atom stereocenters. The van der Waals surface area contributed by atoms with Crippen molar-refractivity contribution in [3.8, 4) is 0 Å². The van der Waals surface area contributed by atoms with Crippen LogP contribution in [0.4, 0.5) is 0 Å². The van der Waals surface area contributed by atoms with Gasteiger partial charge in [-0.15, -0.1) is 0 Å². The number of rotatable bonds is 1. The van der Waals surface area contributed by atoms with E-state index in [0.717, 1.165) is 24.2 Å². The van der Waals surface area contributed by atoms with Crippen molar-refractivity contribution in [2.75, 3.05) is 6.61 Å². The summed E-state index contributed by atoms with van der Waals surface area (Å²) < 4.78 is 2.00. The zero-order valence-electron chi connectivity index (χ0n) is 8.76. The van der Waals surface area contributed by atoms with Crippen molar-refractivity contribution >= 4 is 10.9 Å². The van der Waals surface area contributed by atoms with Crippen molar-refractivity contribution in [3.05, 3.63) is 40.4 Å². The molecular formula is C12H12N2O2. The lowest BCUT2D eigenvalue weighted by Crippen LogP contribution is -2.18. The first-order valence-electron chi connectivity index (χ1n) is 5.42. The number of aryl methyl sites for hydroxylation is 1. The summed E-state index contributed by atoms with van der Waals surface area (Å²) in [6.45, 7) is 0.0988. The van der Waals surface area contributed by atoms with Gasteiger partial charge < -0.3 is 9.67 Å². The van der Waals surface area contributed by atoms with Crippen molar-refractivity contribution in [1.82, 2.24) is 9.55 Å². The van der Waals surface area contributed by atoms with Gasteiger partial charge in [-0.25, -0.2) is 0 Å². The minimum absolute atomic E-state index is 0.0630. The maximum absolute atomic E-state index is 11.7. The summed E-state index contributed by atoms with van der Waals surface area (Å²) >= 11 is 0. The summed E-state index contributed by atoms with van der Waals surface area (Å²) in [5.74, 6) is 0.794. The van der Waals surface area contributed by atoms with E-state index in [2.05, 4.69) is 4.98 Å². The second-order valence-corrected chi connectivity index (χ2v) is 4.10. The van der Waals surface area contributed by atoms with Crippen LogP contribution in [0.25, 0.3) is 10.9 Å². The highest BCUT2D eigenvalue weighted by Gasteiger charge is 2.24. The van der Waals surface area contributed by atoms with Crippen LogP contribution in [0.15, 0.2) is 29.1 Å². The summed E-state index contributed by atoms with van der Waals surface area (Å²) in [5, 5.41) is 9.95. The fourth-order valence-electron chi connectivity index (χ4n) is 2.42. The van der Waals surface area contributed by atoms with Gasteiger partial charge in [-0.05, 0) is 18.6 Å². The Balaban J connectivity index is 2.42. The molecule has 1 aromatic heterocycles. The summed E-state index contributed by atoms with van der Waals surface area (Å²) in [6.07, 6.45) is 1.63. The number of aliphatic hydroxyl groups is 1. The molecular weight excluding hydrogens is 204 g/mol. The molecule has 4 heteroatoms. The topological polar surface area (TPSA) is 55.1 Å². The Bertz CT molecular complexity index is 603. The molecule has 0 amide bonds. The molecule has 0 bridgehead atoms.